The van der Waals surface area contributed by atoms with E-state index in [9.17, 15) is 0 Å². The molecule has 0 amide bonds. The van der Waals surface area contributed by atoms with E-state index in [1.807, 2.05) is 12.3 Å². The molecular weight excluding hydrogens is 214 g/mol. The second-order valence-electron chi connectivity index (χ2n) is 3.77. The van der Waals surface area contributed by atoms with Gasteiger partial charge in [-0.2, -0.15) is 0 Å². The van der Waals surface area contributed by atoms with Gasteiger partial charge in [-0.3, -0.25) is 0 Å². The molecule has 0 saturated heterocycles. The minimum Gasteiger partial charge on any atom is -0.223 e. The maximum Gasteiger partial charge on any atom is 0.0462 e. The molecule has 16 heavy (non-hydrogen) atoms. The Morgan fingerprint density at radius 1 is 0.875 bits per heavy atom. The maximum atomic E-state index is 4.37. The maximum absolute atomic E-state index is 4.37. The zero-order valence-electron chi connectivity index (χ0n) is 8.71. The first-order valence-electron chi connectivity index (χ1n) is 5.29. The molecule has 3 rings (SSSR count). The third kappa shape index (κ3) is 1.65. The third-order valence-corrected chi connectivity index (χ3v) is 3.57. The fourth-order valence-corrected chi connectivity index (χ4v) is 2.71. The molecule has 0 bridgehead atoms. The van der Waals surface area contributed by atoms with Crippen molar-refractivity contribution in [1.82, 2.24) is 0 Å². The Bertz CT molecular complexity index is 519. The van der Waals surface area contributed by atoms with E-state index >= 15 is 0 Å². The number of hydrogen-bond donors (Lipinski definition) is 0. The summed E-state index contributed by atoms with van der Waals surface area (Å²) < 4.78 is 4.37. The SMILES string of the molecule is C1=NSc2ccccc2C1c1ccccc1. The minimum absolute atomic E-state index is 0.304. The number of benzene rings is 2. The van der Waals surface area contributed by atoms with Crippen molar-refractivity contribution in [3.8, 4) is 0 Å². The fourth-order valence-electron chi connectivity index (χ4n) is 1.97. The highest BCUT2D eigenvalue weighted by atomic mass is 32.2. The van der Waals surface area contributed by atoms with Gasteiger partial charge < -0.3 is 0 Å². The number of rotatable bonds is 1. The van der Waals surface area contributed by atoms with E-state index in [0.717, 1.165) is 0 Å². The van der Waals surface area contributed by atoms with Crippen molar-refractivity contribution in [3.05, 3.63) is 65.7 Å². The highest BCUT2D eigenvalue weighted by Gasteiger charge is 2.18. The molecule has 0 radical (unpaired) electrons. The lowest BCUT2D eigenvalue weighted by atomic mass is 9.92. The third-order valence-electron chi connectivity index (χ3n) is 2.77. The van der Waals surface area contributed by atoms with Crippen LogP contribution < -0.4 is 0 Å². The fraction of sp³-hybridized carbons (Fsp3) is 0.0714. The second-order valence-corrected chi connectivity index (χ2v) is 4.61. The summed E-state index contributed by atoms with van der Waals surface area (Å²) in [5, 5.41) is 0. The van der Waals surface area contributed by atoms with Gasteiger partial charge in [-0.15, -0.1) is 0 Å². The summed E-state index contributed by atoms with van der Waals surface area (Å²) >= 11 is 1.56. The van der Waals surface area contributed by atoms with Gasteiger partial charge in [-0.05, 0) is 17.2 Å². The highest BCUT2D eigenvalue weighted by Crippen LogP contribution is 2.36. The van der Waals surface area contributed by atoms with Crippen molar-refractivity contribution in [3.63, 3.8) is 0 Å². The average Bonchev–Trinajstić information content (AvgIpc) is 2.39. The molecule has 0 aromatic heterocycles. The van der Waals surface area contributed by atoms with Crippen LogP contribution in [0.1, 0.15) is 17.0 Å². The van der Waals surface area contributed by atoms with Gasteiger partial charge in [0.15, 0.2) is 0 Å². The minimum atomic E-state index is 0.304. The first kappa shape index (κ1) is 9.67. The Kier molecular flexibility index (Phi) is 2.50. The van der Waals surface area contributed by atoms with Gasteiger partial charge >= 0.3 is 0 Å². The quantitative estimate of drug-likeness (QED) is 0.670. The zero-order chi connectivity index (χ0) is 10.8. The van der Waals surface area contributed by atoms with Gasteiger partial charge in [0.1, 0.15) is 0 Å². The van der Waals surface area contributed by atoms with Crippen LogP contribution in [0.5, 0.6) is 0 Å². The van der Waals surface area contributed by atoms with E-state index in [-0.39, 0.29) is 0 Å². The Balaban J connectivity index is 2.09. The van der Waals surface area contributed by atoms with Crippen molar-refractivity contribution in [1.29, 1.82) is 0 Å². The standard InChI is InChI=1S/C14H11NS/c1-2-6-11(7-3-1)13-10-15-16-14-9-5-4-8-12(13)14/h1-10,13H. The van der Waals surface area contributed by atoms with E-state index in [0.29, 0.717) is 5.92 Å². The summed E-state index contributed by atoms with van der Waals surface area (Å²) in [5.74, 6) is 0.304. The van der Waals surface area contributed by atoms with Gasteiger partial charge in [0.2, 0.25) is 0 Å². The largest absolute Gasteiger partial charge is 0.223 e. The van der Waals surface area contributed by atoms with Gasteiger partial charge in [0, 0.05) is 29.0 Å². The van der Waals surface area contributed by atoms with Crippen LogP contribution in [-0.4, -0.2) is 6.21 Å². The molecule has 0 saturated carbocycles. The van der Waals surface area contributed by atoms with Crippen LogP contribution in [-0.2, 0) is 0 Å². The average molecular weight is 225 g/mol. The summed E-state index contributed by atoms with van der Waals surface area (Å²) in [7, 11) is 0. The van der Waals surface area contributed by atoms with E-state index in [1.54, 1.807) is 11.9 Å². The smallest absolute Gasteiger partial charge is 0.0462 e. The topological polar surface area (TPSA) is 12.4 Å². The van der Waals surface area contributed by atoms with Gasteiger partial charge in [0.25, 0.3) is 0 Å². The Morgan fingerprint density at radius 3 is 2.50 bits per heavy atom. The molecule has 1 aliphatic heterocycles. The summed E-state index contributed by atoms with van der Waals surface area (Å²) in [6.45, 7) is 0. The van der Waals surface area contributed by atoms with Gasteiger partial charge in [-0.25, -0.2) is 4.40 Å². The van der Waals surface area contributed by atoms with E-state index in [2.05, 4.69) is 52.9 Å². The Labute approximate surface area is 99.4 Å². The van der Waals surface area contributed by atoms with E-state index < -0.39 is 0 Å². The molecule has 0 spiro atoms. The molecule has 1 heterocycles. The summed E-state index contributed by atoms with van der Waals surface area (Å²) in [4.78, 5) is 1.26. The molecule has 1 aliphatic rings. The Morgan fingerprint density at radius 2 is 1.62 bits per heavy atom. The van der Waals surface area contributed by atoms with Crippen LogP contribution in [0, 0.1) is 0 Å². The van der Waals surface area contributed by atoms with Crippen molar-refractivity contribution >= 4 is 18.2 Å². The van der Waals surface area contributed by atoms with Gasteiger partial charge in [-0.1, -0.05) is 48.5 Å². The molecule has 2 aromatic rings. The summed E-state index contributed by atoms with van der Waals surface area (Å²) in [5.41, 5.74) is 2.66. The predicted octanol–water partition coefficient (Wildman–Crippen LogP) is 3.91. The lowest BCUT2D eigenvalue weighted by Gasteiger charge is -2.19. The first-order valence-corrected chi connectivity index (χ1v) is 6.07. The molecule has 1 unspecified atom stereocenters. The van der Waals surface area contributed by atoms with Crippen molar-refractivity contribution in [2.24, 2.45) is 4.40 Å². The van der Waals surface area contributed by atoms with E-state index in [4.69, 9.17) is 0 Å². The van der Waals surface area contributed by atoms with E-state index in [1.165, 1.54) is 16.0 Å². The highest BCUT2D eigenvalue weighted by molar-refractivity contribution is 7.98. The molecule has 1 nitrogen and oxygen atoms in total. The van der Waals surface area contributed by atoms with Crippen LogP contribution in [0.4, 0.5) is 0 Å². The molecule has 0 fully saturated rings. The van der Waals surface area contributed by atoms with Crippen LogP contribution in [0.25, 0.3) is 0 Å². The molecule has 0 N–H and O–H groups in total. The lowest BCUT2D eigenvalue weighted by Crippen LogP contribution is -2.06. The van der Waals surface area contributed by atoms with Crippen molar-refractivity contribution < 1.29 is 0 Å². The Hall–Kier alpha value is -1.54. The number of nitrogens with zero attached hydrogens (tertiary/aromatic N) is 1. The molecule has 0 aliphatic carbocycles. The second kappa shape index (κ2) is 4.14. The van der Waals surface area contributed by atoms with Crippen LogP contribution in [0.3, 0.4) is 0 Å². The lowest BCUT2D eigenvalue weighted by molar-refractivity contribution is 1.05. The number of fused-ring (bicyclic) bond motifs is 1. The van der Waals surface area contributed by atoms with Crippen molar-refractivity contribution in [2.75, 3.05) is 0 Å². The van der Waals surface area contributed by atoms with Crippen LogP contribution >= 0.6 is 11.9 Å². The monoisotopic (exact) mass is 225 g/mol. The number of hydrogen-bond acceptors (Lipinski definition) is 2. The molecular formula is C14H11NS. The zero-order valence-corrected chi connectivity index (χ0v) is 9.52. The molecule has 2 heteroatoms. The van der Waals surface area contributed by atoms with Gasteiger partial charge in [0.05, 0.1) is 0 Å². The normalized spacial score (nSPS) is 18.1. The first-order chi connectivity index (χ1) is 7.95. The summed E-state index contributed by atoms with van der Waals surface area (Å²) in [6, 6.07) is 19.0. The van der Waals surface area contributed by atoms with Crippen LogP contribution in [0.2, 0.25) is 0 Å². The predicted molar refractivity (Wildman–Crippen MR) is 69.1 cm³/mol. The van der Waals surface area contributed by atoms with Crippen molar-refractivity contribution in [2.45, 2.75) is 10.8 Å². The molecule has 78 valence electrons. The van der Waals surface area contributed by atoms with Crippen LogP contribution in [0.15, 0.2) is 63.9 Å². The summed E-state index contributed by atoms with van der Waals surface area (Å²) in [6.07, 6.45) is 2.03. The molecule has 2 aromatic carbocycles. The molecule has 1 atom stereocenters.